The van der Waals surface area contributed by atoms with E-state index < -0.39 is 0 Å². The highest BCUT2D eigenvalue weighted by Gasteiger charge is 2.30. The van der Waals surface area contributed by atoms with E-state index in [1.807, 2.05) is 43.1 Å². The van der Waals surface area contributed by atoms with Crippen molar-refractivity contribution in [1.29, 1.82) is 0 Å². The Morgan fingerprint density at radius 3 is 2.21 bits per heavy atom. The number of carbonyl (C=O) groups excluding carboxylic acids is 2. The number of ether oxygens (including phenoxy) is 1. The third-order valence-corrected chi connectivity index (χ3v) is 5.39. The van der Waals surface area contributed by atoms with Crippen LogP contribution in [-0.4, -0.2) is 55.4 Å². The topological polar surface area (TPSA) is 49.9 Å². The van der Waals surface area contributed by atoms with E-state index in [0.29, 0.717) is 32.5 Å². The largest absolute Gasteiger partial charge is 0.497 e. The molecule has 148 valence electrons. The Kier molecular flexibility index (Phi) is 6.34. The van der Waals surface area contributed by atoms with Crippen LogP contribution in [0, 0.1) is 5.92 Å². The summed E-state index contributed by atoms with van der Waals surface area (Å²) in [5.41, 5.74) is 3.35. The Morgan fingerprint density at radius 1 is 1.04 bits per heavy atom. The Hall–Kier alpha value is -2.82. The molecule has 1 heterocycles. The van der Waals surface area contributed by atoms with Gasteiger partial charge in [-0.05, 0) is 35.2 Å². The van der Waals surface area contributed by atoms with Crippen LogP contribution >= 0.6 is 0 Å². The minimum absolute atomic E-state index is 0.114. The van der Waals surface area contributed by atoms with Crippen LogP contribution in [0.1, 0.15) is 18.9 Å². The van der Waals surface area contributed by atoms with Gasteiger partial charge in [0.1, 0.15) is 5.75 Å². The maximum absolute atomic E-state index is 12.7. The van der Waals surface area contributed by atoms with Crippen LogP contribution in [0.25, 0.3) is 11.1 Å². The molecule has 0 bridgehead atoms. The highest BCUT2D eigenvalue weighted by atomic mass is 16.5. The normalized spacial score (nSPS) is 17.4. The standard InChI is InChI=1S/C23H28N2O3/c1-4-22(26)25-14-13-24(2)23(27)20(16-25)15-17-5-7-18(8-6-17)19-9-11-21(28-3)12-10-19/h5-12,20H,4,13-16H2,1-3H3/t20-/m0/s1. The van der Waals surface area contributed by atoms with Crippen molar-refractivity contribution in [2.45, 2.75) is 19.8 Å². The highest BCUT2D eigenvalue weighted by molar-refractivity contribution is 5.82. The lowest BCUT2D eigenvalue weighted by molar-refractivity contribution is -0.133. The average molecular weight is 380 g/mol. The lowest BCUT2D eigenvalue weighted by Gasteiger charge is -2.23. The lowest BCUT2D eigenvalue weighted by Crippen LogP contribution is -2.37. The summed E-state index contributed by atoms with van der Waals surface area (Å²) >= 11 is 0. The fourth-order valence-electron chi connectivity index (χ4n) is 3.63. The first-order chi connectivity index (χ1) is 13.5. The molecule has 28 heavy (non-hydrogen) atoms. The summed E-state index contributed by atoms with van der Waals surface area (Å²) in [6.45, 7) is 3.57. The van der Waals surface area contributed by atoms with E-state index in [4.69, 9.17) is 4.74 Å². The van der Waals surface area contributed by atoms with Gasteiger partial charge in [0.25, 0.3) is 0 Å². The number of hydrogen-bond donors (Lipinski definition) is 0. The van der Waals surface area contributed by atoms with E-state index in [9.17, 15) is 9.59 Å². The third-order valence-electron chi connectivity index (χ3n) is 5.39. The third kappa shape index (κ3) is 4.53. The molecule has 0 spiro atoms. The molecular formula is C23H28N2O3. The molecule has 1 saturated heterocycles. The molecule has 2 aromatic carbocycles. The van der Waals surface area contributed by atoms with Crippen LogP contribution < -0.4 is 4.74 Å². The summed E-state index contributed by atoms with van der Waals surface area (Å²) in [5, 5.41) is 0. The fraction of sp³-hybridized carbons (Fsp3) is 0.391. The molecular weight excluding hydrogens is 352 g/mol. The molecule has 0 unspecified atom stereocenters. The van der Waals surface area contributed by atoms with Crippen molar-refractivity contribution >= 4 is 11.8 Å². The molecule has 2 amide bonds. The van der Waals surface area contributed by atoms with Gasteiger partial charge in [-0.25, -0.2) is 0 Å². The molecule has 0 saturated carbocycles. The van der Waals surface area contributed by atoms with E-state index in [1.54, 1.807) is 12.0 Å². The van der Waals surface area contributed by atoms with Crippen molar-refractivity contribution in [3.63, 3.8) is 0 Å². The van der Waals surface area contributed by atoms with Gasteiger partial charge >= 0.3 is 0 Å². The summed E-state index contributed by atoms with van der Waals surface area (Å²) < 4.78 is 5.21. The molecule has 5 heteroatoms. The Balaban J connectivity index is 1.73. The van der Waals surface area contributed by atoms with Gasteiger partial charge in [0, 0.05) is 33.1 Å². The Labute approximate surface area is 166 Å². The molecule has 2 aromatic rings. The number of nitrogens with zero attached hydrogens (tertiary/aromatic N) is 2. The van der Waals surface area contributed by atoms with E-state index in [1.165, 1.54) is 0 Å². The molecule has 3 rings (SSSR count). The Morgan fingerprint density at radius 2 is 1.64 bits per heavy atom. The SMILES string of the molecule is CCC(=O)N1CCN(C)C(=O)[C@@H](Cc2ccc(-c3ccc(OC)cc3)cc2)C1. The smallest absolute Gasteiger partial charge is 0.227 e. The van der Waals surface area contributed by atoms with Gasteiger partial charge in [0.2, 0.25) is 11.8 Å². The minimum atomic E-state index is -0.199. The predicted octanol–water partition coefficient (Wildman–Crippen LogP) is 3.23. The average Bonchev–Trinajstić information content (AvgIpc) is 2.87. The van der Waals surface area contributed by atoms with Crippen LogP contribution in [0.5, 0.6) is 5.75 Å². The first-order valence-electron chi connectivity index (χ1n) is 9.78. The van der Waals surface area contributed by atoms with Crippen molar-refractivity contribution in [2.24, 2.45) is 5.92 Å². The second kappa shape index (κ2) is 8.91. The van der Waals surface area contributed by atoms with Crippen LogP contribution in [0.4, 0.5) is 0 Å². The molecule has 0 radical (unpaired) electrons. The van der Waals surface area contributed by atoms with Gasteiger partial charge in [0.15, 0.2) is 0 Å². The monoisotopic (exact) mass is 380 g/mol. The molecule has 5 nitrogen and oxygen atoms in total. The van der Waals surface area contributed by atoms with Crippen molar-refractivity contribution in [3.8, 4) is 16.9 Å². The van der Waals surface area contributed by atoms with Gasteiger partial charge < -0.3 is 14.5 Å². The van der Waals surface area contributed by atoms with Crippen molar-refractivity contribution in [2.75, 3.05) is 33.8 Å². The maximum Gasteiger partial charge on any atom is 0.227 e. The highest BCUT2D eigenvalue weighted by Crippen LogP contribution is 2.24. The predicted molar refractivity (Wildman–Crippen MR) is 110 cm³/mol. The van der Waals surface area contributed by atoms with Crippen molar-refractivity contribution < 1.29 is 14.3 Å². The van der Waals surface area contributed by atoms with E-state index >= 15 is 0 Å². The number of methoxy groups -OCH3 is 1. The fourth-order valence-corrected chi connectivity index (χ4v) is 3.63. The number of hydrogen-bond acceptors (Lipinski definition) is 3. The van der Waals surface area contributed by atoms with Crippen LogP contribution in [0.2, 0.25) is 0 Å². The van der Waals surface area contributed by atoms with Gasteiger partial charge in [-0.2, -0.15) is 0 Å². The zero-order valence-corrected chi connectivity index (χ0v) is 16.9. The van der Waals surface area contributed by atoms with Crippen molar-refractivity contribution in [3.05, 3.63) is 54.1 Å². The summed E-state index contributed by atoms with van der Waals surface area (Å²) in [7, 11) is 3.48. The second-order valence-corrected chi connectivity index (χ2v) is 7.28. The molecule has 1 aliphatic heterocycles. The van der Waals surface area contributed by atoms with E-state index in [-0.39, 0.29) is 17.7 Å². The van der Waals surface area contributed by atoms with Crippen LogP contribution in [0.15, 0.2) is 48.5 Å². The number of likely N-dealkylation sites (N-methyl/N-ethyl adjacent to an activating group) is 1. The number of amides is 2. The molecule has 0 aliphatic carbocycles. The molecule has 1 aliphatic rings. The first kappa shape index (κ1) is 19.9. The molecule has 0 N–H and O–H groups in total. The molecule has 1 atom stereocenters. The molecule has 0 aromatic heterocycles. The summed E-state index contributed by atoms with van der Waals surface area (Å²) in [6, 6.07) is 16.3. The van der Waals surface area contributed by atoms with E-state index in [0.717, 1.165) is 22.4 Å². The minimum Gasteiger partial charge on any atom is -0.497 e. The van der Waals surface area contributed by atoms with Gasteiger partial charge in [-0.15, -0.1) is 0 Å². The summed E-state index contributed by atoms with van der Waals surface area (Å²) in [6.07, 6.45) is 1.11. The quantitative estimate of drug-likeness (QED) is 0.800. The number of benzene rings is 2. The van der Waals surface area contributed by atoms with Crippen LogP contribution in [0.3, 0.4) is 0 Å². The van der Waals surface area contributed by atoms with Crippen LogP contribution in [-0.2, 0) is 16.0 Å². The number of carbonyl (C=O) groups is 2. The lowest BCUT2D eigenvalue weighted by atomic mass is 9.95. The zero-order valence-electron chi connectivity index (χ0n) is 16.9. The van der Waals surface area contributed by atoms with E-state index in [2.05, 4.69) is 24.3 Å². The van der Waals surface area contributed by atoms with Gasteiger partial charge in [-0.1, -0.05) is 43.3 Å². The Bertz CT molecular complexity index is 815. The van der Waals surface area contributed by atoms with Crippen molar-refractivity contribution in [1.82, 2.24) is 9.80 Å². The second-order valence-electron chi connectivity index (χ2n) is 7.28. The summed E-state index contributed by atoms with van der Waals surface area (Å²) in [5.74, 6) is 0.867. The zero-order chi connectivity index (χ0) is 20.1. The number of rotatable bonds is 5. The molecule has 1 fully saturated rings. The van der Waals surface area contributed by atoms with Gasteiger partial charge in [-0.3, -0.25) is 9.59 Å². The summed E-state index contributed by atoms with van der Waals surface area (Å²) in [4.78, 5) is 28.5. The first-order valence-corrected chi connectivity index (χ1v) is 9.78. The maximum atomic E-state index is 12.7. The van der Waals surface area contributed by atoms with Gasteiger partial charge in [0.05, 0.1) is 13.0 Å².